The molecule has 0 spiro atoms. The van der Waals surface area contributed by atoms with E-state index in [4.69, 9.17) is 23.2 Å². The van der Waals surface area contributed by atoms with Crippen LogP contribution in [0.3, 0.4) is 0 Å². The van der Waals surface area contributed by atoms with Gasteiger partial charge in [-0.05, 0) is 13.0 Å². The number of amides is 1. The maximum absolute atomic E-state index is 11.4. The van der Waals surface area contributed by atoms with Gasteiger partial charge in [0.25, 0.3) is 5.91 Å². The molecule has 0 atom stereocenters. The Morgan fingerprint density at radius 3 is 2.57 bits per heavy atom. The molecule has 0 radical (unpaired) electrons. The third-order valence-corrected chi connectivity index (χ3v) is 2.89. The van der Waals surface area contributed by atoms with Gasteiger partial charge in [-0.2, -0.15) is 0 Å². The molecule has 1 aromatic heterocycles. The highest BCUT2D eigenvalue weighted by atomic mass is 35.5. The van der Waals surface area contributed by atoms with Crippen LogP contribution in [0.4, 0.5) is 0 Å². The summed E-state index contributed by atoms with van der Waals surface area (Å²) in [4.78, 5) is 22.0. The standard InChI is InChI=1S/C8H7Cl2NO2S/c1-4(12)3-11-8(13)5-2-6(9)14-7(5)10/h2H,3H2,1H3,(H,11,13). The van der Waals surface area contributed by atoms with Crippen molar-refractivity contribution in [1.82, 2.24) is 5.32 Å². The lowest BCUT2D eigenvalue weighted by Crippen LogP contribution is -2.28. The predicted molar refractivity (Wildman–Crippen MR) is 57.4 cm³/mol. The summed E-state index contributed by atoms with van der Waals surface area (Å²) in [5, 5.41) is 2.43. The van der Waals surface area contributed by atoms with Gasteiger partial charge < -0.3 is 5.32 Å². The van der Waals surface area contributed by atoms with Crippen LogP contribution in [0.2, 0.25) is 8.67 Å². The van der Waals surface area contributed by atoms with E-state index in [1.165, 1.54) is 13.0 Å². The molecule has 0 aliphatic carbocycles. The molecule has 1 aromatic rings. The van der Waals surface area contributed by atoms with Gasteiger partial charge in [-0.3, -0.25) is 9.59 Å². The van der Waals surface area contributed by atoms with Gasteiger partial charge in [0, 0.05) is 0 Å². The third-order valence-electron chi connectivity index (χ3n) is 1.40. The van der Waals surface area contributed by atoms with Crippen molar-refractivity contribution < 1.29 is 9.59 Å². The van der Waals surface area contributed by atoms with Crippen LogP contribution in [0.15, 0.2) is 6.07 Å². The second-order valence-corrected chi connectivity index (χ2v) is 4.91. The largest absolute Gasteiger partial charge is 0.345 e. The van der Waals surface area contributed by atoms with Crippen LogP contribution >= 0.6 is 34.5 Å². The Hall–Kier alpha value is -0.580. The molecular formula is C8H7Cl2NO2S. The number of halogens is 2. The number of nitrogens with one attached hydrogen (secondary N) is 1. The number of thiophene rings is 1. The Kier molecular flexibility index (Phi) is 3.92. The van der Waals surface area contributed by atoms with E-state index in [1.807, 2.05) is 0 Å². The zero-order valence-electron chi connectivity index (χ0n) is 7.27. The Balaban J connectivity index is 2.69. The van der Waals surface area contributed by atoms with Crippen LogP contribution < -0.4 is 5.32 Å². The molecule has 0 bridgehead atoms. The van der Waals surface area contributed by atoms with Crippen molar-refractivity contribution in [1.29, 1.82) is 0 Å². The molecule has 1 amide bonds. The first-order valence-corrected chi connectivity index (χ1v) is 5.30. The number of Topliss-reactive ketones (excluding diaryl/α,β-unsaturated/α-hetero) is 1. The zero-order valence-corrected chi connectivity index (χ0v) is 9.59. The van der Waals surface area contributed by atoms with Crippen molar-refractivity contribution in [3.63, 3.8) is 0 Å². The lowest BCUT2D eigenvalue weighted by Gasteiger charge is -2.00. The normalized spacial score (nSPS) is 9.93. The smallest absolute Gasteiger partial charge is 0.254 e. The Morgan fingerprint density at radius 2 is 2.14 bits per heavy atom. The zero-order chi connectivity index (χ0) is 10.7. The SMILES string of the molecule is CC(=O)CNC(=O)c1cc(Cl)sc1Cl. The first kappa shape index (κ1) is 11.5. The minimum Gasteiger partial charge on any atom is -0.345 e. The molecule has 3 nitrogen and oxygen atoms in total. The second kappa shape index (κ2) is 4.77. The minimum atomic E-state index is -0.381. The van der Waals surface area contributed by atoms with E-state index in [-0.39, 0.29) is 18.2 Å². The van der Waals surface area contributed by atoms with Gasteiger partial charge in [0.2, 0.25) is 0 Å². The quantitative estimate of drug-likeness (QED) is 0.897. The Morgan fingerprint density at radius 1 is 1.50 bits per heavy atom. The molecule has 0 fully saturated rings. The fourth-order valence-corrected chi connectivity index (χ4v) is 2.25. The van der Waals surface area contributed by atoms with Crippen molar-refractivity contribution in [2.24, 2.45) is 0 Å². The summed E-state index contributed by atoms with van der Waals surface area (Å²) in [5.74, 6) is -0.496. The molecule has 6 heteroatoms. The predicted octanol–water partition coefficient (Wildman–Crippen LogP) is 2.37. The highest BCUT2D eigenvalue weighted by Gasteiger charge is 2.13. The number of rotatable bonds is 3. The lowest BCUT2D eigenvalue weighted by molar-refractivity contribution is -0.116. The van der Waals surface area contributed by atoms with E-state index >= 15 is 0 Å². The lowest BCUT2D eigenvalue weighted by atomic mass is 10.3. The summed E-state index contributed by atoms with van der Waals surface area (Å²) < 4.78 is 0.777. The van der Waals surface area contributed by atoms with Crippen molar-refractivity contribution >= 4 is 46.2 Å². The molecule has 14 heavy (non-hydrogen) atoms. The van der Waals surface area contributed by atoms with Crippen LogP contribution in [0.25, 0.3) is 0 Å². The summed E-state index contributed by atoms with van der Waals surface area (Å²) in [6.45, 7) is 1.39. The van der Waals surface area contributed by atoms with Gasteiger partial charge >= 0.3 is 0 Å². The first-order valence-electron chi connectivity index (χ1n) is 3.73. The highest BCUT2D eigenvalue weighted by molar-refractivity contribution is 7.20. The number of hydrogen-bond acceptors (Lipinski definition) is 3. The highest BCUT2D eigenvalue weighted by Crippen LogP contribution is 2.30. The third kappa shape index (κ3) is 2.97. The summed E-state index contributed by atoms with van der Waals surface area (Å²) in [6, 6.07) is 1.48. The van der Waals surface area contributed by atoms with E-state index in [0.717, 1.165) is 11.3 Å². The average molecular weight is 252 g/mol. The second-order valence-electron chi connectivity index (χ2n) is 2.62. The van der Waals surface area contributed by atoms with E-state index in [2.05, 4.69) is 5.32 Å². The summed E-state index contributed by atoms with van der Waals surface area (Å²) in [5.41, 5.74) is 0.308. The van der Waals surface area contributed by atoms with Crippen LogP contribution in [-0.2, 0) is 4.79 Å². The van der Waals surface area contributed by atoms with Crippen LogP contribution in [0, 0.1) is 0 Å². The van der Waals surface area contributed by atoms with Gasteiger partial charge in [0.1, 0.15) is 10.1 Å². The summed E-state index contributed by atoms with van der Waals surface area (Å²) in [6.07, 6.45) is 0. The number of ketones is 1. The van der Waals surface area contributed by atoms with Crippen molar-refractivity contribution in [3.8, 4) is 0 Å². The van der Waals surface area contributed by atoms with Crippen LogP contribution in [-0.4, -0.2) is 18.2 Å². The van der Waals surface area contributed by atoms with Gasteiger partial charge in [0.15, 0.2) is 0 Å². The van der Waals surface area contributed by atoms with Crippen LogP contribution in [0.5, 0.6) is 0 Å². The van der Waals surface area contributed by atoms with E-state index in [0.29, 0.717) is 14.2 Å². The Labute approximate surface area is 95.0 Å². The van der Waals surface area contributed by atoms with Gasteiger partial charge in [-0.25, -0.2) is 0 Å². The monoisotopic (exact) mass is 251 g/mol. The molecule has 0 saturated heterocycles. The maximum Gasteiger partial charge on any atom is 0.254 e. The number of carbonyl (C=O) groups excluding carboxylic acids is 2. The molecule has 1 rings (SSSR count). The Bertz CT molecular complexity index is 375. The van der Waals surface area contributed by atoms with Crippen LogP contribution in [0.1, 0.15) is 17.3 Å². The van der Waals surface area contributed by atoms with Crippen molar-refractivity contribution in [3.05, 3.63) is 20.3 Å². The number of carbonyl (C=O) groups is 2. The molecule has 0 aliphatic rings. The van der Waals surface area contributed by atoms with E-state index < -0.39 is 0 Å². The first-order chi connectivity index (χ1) is 6.50. The summed E-state index contributed by atoms with van der Waals surface area (Å²) in [7, 11) is 0. The average Bonchev–Trinajstić information content (AvgIpc) is 2.41. The van der Waals surface area contributed by atoms with E-state index in [9.17, 15) is 9.59 Å². The molecule has 0 unspecified atom stereocenters. The molecule has 1 heterocycles. The van der Waals surface area contributed by atoms with Crippen molar-refractivity contribution in [2.45, 2.75) is 6.92 Å². The van der Waals surface area contributed by atoms with Gasteiger partial charge in [0.05, 0.1) is 16.4 Å². The molecule has 76 valence electrons. The molecule has 0 saturated carbocycles. The fraction of sp³-hybridized carbons (Fsp3) is 0.250. The topological polar surface area (TPSA) is 46.2 Å². The molecule has 0 aromatic carbocycles. The fourth-order valence-electron chi connectivity index (χ4n) is 0.795. The summed E-state index contributed by atoms with van der Waals surface area (Å²) >= 11 is 12.5. The molecule has 0 aliphatic heterocycles. The van der Waals surface area contributed by atoms with Gasteiger partial charge in [-0.1, -0.05) is 23.2 Å². The number of hydrogen-bond donors (Lipinski definition) is 1. The maximum atomic E-state index is 11.4. The van der Waals surface area contributed by atoms with Crippen molar-refractivity contribution in [2.75, 3.05) is 6.54 Å². The molecular weight excluding hydrogens is 245 g/mol. The molecule has 1 N–H and O–H groups in total. The minimum absolute atomic E-state index is 0.00261. The van der Waals surface area contributed by atoms with Gasteiger partial charge in [-0.15, -0.1) is 11.3 Å². The van der Waals surface area contributed by atoms with E-state index in [1.54, 1.807) is 0 Å².